The molecule has 9 nitrogen and oxygen atoms in total. The summed E-state index contributed by atoms with van der Waals surface area (Å²) in [5, 5.41) is 21.6. The minimum atomic E-state index is -1.30. The lowest BCUT2D eigenvalue weighted by atomic mass is 9.98. The summed E-state index contributed by atoms with van der Waals surface area (Å²) in [7, 11) is 0. The van der Waals surface area contributed by atoms with Crippen LogP contribution in [0, 0.1) is 0 Å². The molecule has 0 saturated carbocycles. The summed E-state index contributed by atoms with van der Waals surface area (Å²) in [4.78, 5) is 22.1. The van der Waals surface area contributed by atoms with Gasteiger partial charge in [0.15, 0.2) is 0 Å². The van der Waals surface area contributed by atoms with E-state index in [1.807, 2.05) is 30.3 Å². The van der Waals surface area contributed by atoms with Crippen LogP contribution >= 0.6 is 0 Å². The number of hydrogen-bond acceptors (Lipinski definition) is 9. The van der Waals surface area contributed by atoms with Crippen molar-refractivity contribution in [3.05, 3.63) is 65.7 Å². The minimum Gasteiger partial charge on any atom is -0.466 e. The summed E-state index contributed by atoms with van der Waals surface area (Å²) in [6, 6.07) is 16.3. The van der Waals surface area contributed by atoms with E-state index in [9.17, 15) is 19.8 Å². The molecule has 0 aliphatic carbocycles. The molecule has 2 aromatic carbocycles. The minimum absolute atomic E-state index is 0.112. The zero-order chi connectivity index (χ0) is 24.5. The van der Waals surface area contributed by atoms with Crippen LogP contribution in [-0.2, 0) is 41.6 Å². The molecule has 1 aliphatic rings. The lowest BCUT2D eigenvalue weighted by Gasteiger charge is -2.41. The molecular weight excluding hydrogens is 444 g/mol. The van der Waals surface area contributed by atoms with Crippen LogP contribution in [0.15, 0.2) is 54.6 Å². The highest BCUT2D eigenvalue weighted by molar-refractivity contribution is 5.66. The fourth-order valence-corrected chi connectivity index (χ4v) is 3.47. The van der Waals surface area contributed by atoms with Crippen molar-refractivity contribution in [2.24, 2.45) is 0 Å². The van der Waals surface area contributed by atoms with Crippen LogP contribution in [0.1, 0.15) is 25.0 Å². The van der Waals surface area contributed by atoms with Crippen molar-refractivity contribution < 1.29 is 43.5 Å². The lowest BCUT2D eigenvalue weighted by Crippen LogP contribution is -2.61. The summed E-state index contributed by atoms with van der Waals surface area (Å²) < 4.78 is 27.3. The number of ether oxygens (including phenoxy) is 5. The maximum Gasteiger partial charge on any atom is 0.302 e. The molecule has 34 heavy (non-hydrogen) atoms. The molecule has 0 amide bonds. The number of aliphatic hydroxyl groups excluding tert-OH is 2. The van der Waals surface area contributed by atoms with E-state index >= 15 is 0 Å². The smallest absolute Gasteiger partial charge is 0.302 e. The van der Waals surface area contributed by atoms with Crippen molar-refractivity contribution in [2.45, 2.75) is 57.6 Å². The summed E-state index contributed by atoms with van der Waals surface area (Å²) >= 11 is 0. The van der Waals surface area contributed by atoms with Crippen molar-refractivity contribution in [3.63, 3.8) is 0 Å². The maximum absolute atomic E-state index is 11.3. The fraction of sp³-hybridized carbons (Fsp3) is 0.440. The molecule has 1 fully saturated rings. The van der Waals surface area contributed by atoms with Crippen LogP contribution in [0.3, 0.4) is 0 Å². The molecule has 0 unspecified atom stereocenters. The van der Waals surface area contributed by atoms with Crippen LogP contribution in [0.2, 0.25) is 0 Å². The summed E-state index contributed by atoms with van der Waals surface area (Å²) in [5.74, 6) is -0.369. The monoisotopic (exact) mass is 474 g/mol. The van der Waals surface area contributed by atoms with Gasteiger partial charge in [-0.2, -0.15) is 0 Å². The molecule has 0 bridgehead atoms. The zero-order valence-electron chi connectivity index (χ0n) is 19.2. The molecule has 1 heterocycles. The van der Waals surface area contributed by atoms with E-state index in [1.54, 1.807) is 24.3 Å². The van der Waals surface area contributed by atoms with E-state index in [2.05, 4.69) is 0 Å². The molecule has 0 aromatic heterocycles. The number of para-hydroxylation sites is 1. The second-order valence-electron chi connectivity index (χ2n) is 7.94. The average molecular weight is 475 g/mol. The van der Waals surface area contributed by atoms with E-state index in [-0.39, 0.29) is 19.2 Å². The van der Waals surface area contributed by atoms with E-state index in [1.165, 1.54) is 13.8 Å². The Balaban J connectivity index is 1.64. The Hall–Kier alpha value is -2.98. The molecule has 184 valence electrons. The Kier molecular flexibility index (Phi) is 9.41. The summed E-state index contributed by atoms with van der Waals surface area (Å²) in [6.07, 6.45) is -5.10. The summed E-state index contributed by atoms with van der Waals surface area (Å²) in [6.45, 7) is 2.83. The SMILES string of the molecule is CC(=O)OCCc1ccc(CO[C@@H]2[C@@H](O)[C@@H](Oc3ccccc3)O[C@H](COC(C)=O)[C@H]2O)cc1. The molecule has 2 N–H and O–H groups in total. The highest BCUT2D eigenvalue weighted by Crippen LogP contribution is 2.27. The van der Waals surface area contributed by atoms with Gasteiger partial charge in [-0.3, -0.25) is 9.59 Å². The fourth-order valence-electron chi connectivity index (χ4n) is 3.47. The summed E-state index contributed by atoms with van der Waals surface area (Å²) in [5.41, 5.74) is 1.81. The van der Waals surface area contributed by atoms with Gasteiger partial charge in [-0.25, -0.2) is 0 Å². The molecule has 1 saturated heterocycles. The van der Waals surface area contributed by atoms with Crippen molar-refractivity contribution in [1.82, 2.24) is 0 Å². The van der Waals surface area contributed by atoms with Crippen LogP contribution in [0.25, 0.3) is 0 Å². The first-order valence-electron chi connectivity index (χ1n) is 11.0. The predicted octanol–water partition coefficient (Wildman–Crippen LogP) is 1.77. The molecular formula is C25H30O9. The third-order valence-electron chi connectivity index (χ3n) is 5.25. The van der Waals surface area contributed by atoms with Gasteiger partial charge in [-0.15, -0.1) is 0 Å². The van der Waals surface area contributed by atoms with Gasteiger partial charge in [-0.05, 0) is 23.3 Å². The number of esters is 2. The van der Waals surface area contributed by atoms with Gasteiger partial charge in [0.05, 0.1) is 13.2 Å². The quantitative estimate of drug-likeness (QED) is 0.496. The van der Waals surface area contributed by atoms with Gasteiger partial charge in [0, 0.05) is 20.3 Å². The third-order valence-corrected chi connectivity index (χ3v) is 5.25. The van der Waals surface area contributed by atoms with Crippen molar-refractivity contribution in [2.75, 3.05) is 13.2 Å². The Bertz CT molecular complexity index is 916. The topological polar surface area (TPSA) is 121 Å². The van der Waals surface area contributed by atoms with Crippen molar-refractivity contribution >= 4 is 11.9 Å². The third kappa shape index (κ3) is 7.53. The van der Waals surface area contributed by atoms with Gasteiger partial charge in [-0.1, -0.05) is 42.5 Å². The maximum atomic E-state index is 11.3. The molecule has 2 aromatic rings. The van der Waals surface area contributed by atoms with Crippen LogP contribution in [-0.4, -0.2) is 66.1 Å². The largest absolute Gasteiger partial charge is 0.466 e. The Morgan fingerprint density at radius 2 is 1.53 bits per heavy atom. The Labute approximate surface area is 198 Å². The van der Waals surface area contributed by atoms with Gasteiger partial charge < -0.3 is 33.9 Å². The molecule has 9 heteroatoms. The molecule has 5 atom stereocenters. The number of rotatable bonds is 10. The van der Waals surface area contributed by atoms with Gasteiger partial charge in [0.25, 0.3) is 0 Å². The van der Waals surface area contributed by atoms with Crippen LogP contribution in [0.4, 0.5) is 0 Å². The highest BCUT2D eigenvalue weighted by Gasteiger charge is 2.47. The van der Waals surface area contributed by atoms with Gasteiger partial charge in [0.2, 0.25) is 6.29 Å². The average Bonchev–Trinajstić information content (AvgIpc) is 2.81. The van der Waals surface area contributed by atoms with E-state index in [0.717, 1.165) is 11.1 Å². The molecule has 1 aliphatic heterocycles. The highest BCUT2D eigenvalue weighted by atomic mass is 16.7. The first-order chi connectivity index (χ1) is 16.3. The van der Waals surface area contributed by atoms with E-state index < -0.39 is 36.7 Å². The van der Waals surface area contributed by atoms with Crippen molar-refractivity contribution in [1.29, 1.82) is 0 Å². The molecule has 0 radical (unpaired) electrons. The van der Waals surface area contributed by atoms with Gasteiger partial charge in [0.1, 0.15) is 36.8 Å². The van der Waals surface area contributed by atoms with Crippen LogP contribution in [0.5, 0.6) is 5.75 Å². The first-order valence-corrected chi connectivity index (χ1v) is 11.0. The Morgan fingerprint density at radius 3 is 2.18 bits per heavy atom. The second kappa shape index (κ2) is 12.5. The first kappa shape index (κ1) is 25.6. The standard InChI is InChI=1S/C25H30O9/c1-16(26)30-13-12-18-8-10-19(11-9-18)14-32-24-22(28)21(15-31-17(2)27)34-25(23(24)29)33-20-6-4-3-5-7-20/h3-11,21-25,28-29H,12-15H2,1-2H3/t21-,22-,23-,24+,25+/m1/s1. The normalized spacial score (nSPS) is 24.3. The number of carbonyl (C=O) groups excluding carboxylic acids is 2. The van der Waals surface area contributed by atoms with Crippen molar-refractivity contribution in [3.8, 4) is 5.75 Å². The van der Waals surface area contributed by atoms with Crippen LogP contribution < -0.4 is 4.74 Å². The lowest BCUT2D eigenvalue weighted by molar-refractivity contribution is -0.288. The van der Waals surface area contributed by atoms with Gasteiger partial charge >= 0.3 is 11.9 Å². The number of hydrogen-bond donors (Lipinski definition) is 2. The number of aliphatic hydroxyl groups is 2. The zero-order valence-corrected chi connectivity index (χ0v) is 19.2. The Morgan fingerprint density at radius 1 is 0.882 bits per heavy atom. The van der Waals surface area contributed by atoms with E-state index in [0.29, 0.717) is 18.8 Å². The molecule has 3 rings (SSSR count). The molecule has 0 spiro atoms. The van der Waals surface area contributed by atoms with E-state index in [4.69, 9.17) is 23.7 Å². The second-order valence-corrected chi connectivity index (χ2v) is 7.94. The predicted molar refractivity (Wildman–Crippen MR) is 120 cm³/mol. The number of benzene rings is 2. The number of carbonyl (C=O) groups is 2.